The average molecular weight is 290 g/mol. The van der Waals surface area contributed by atoms with E-state index in [0.29, 0.717) is 11.0 Å². The predicted octanol–water partition coefficient (Wildman–Crippen LogP) is 1.95. The Morgan fingerprint density at radius 1 is 1.38 bits per heavy atom. The van der Waals surface area contributed by atoms with Gasteiger partial charge >= 0.3 is 0 Å². The number of hydrogen-bond donors (Lipinski definition) is 1. The molecule has 0 amide bonds. The minimum Gasteiger partial charge on any atom is -0.483 e. The summed E-state index contributed by atoms with van der Waals surface area (Å²) in [5.41, 5.74) is 0. The largest absolute Gasteiger partial charge is 0.483 e. The van der Waals surface area contributed by atoms with Crippen molar-refractivity contribution in [1.29, 1.82) is 0 Å². The van der Waals surface area contributed by atoms with E-state index in [1.165, 1.54) is 0 Å². The number of rotatable bonds is 3. The smallest absolute Gasteiger partial charge is 0.179 e. The van der Waals surface area contributed by atoms with Gasteiger partial charge in [-0.2, -0.15) is 0 Å². The highest BCUT2D eigenvalue weighted by Crippen LogP contribution is 2.26. The molecular formula is C11H13BrFNO2. The van der Waals surface area contributed by atoms with Crippen LogP contribution in [0.1, 0.15) is 0 Å². The maximum atomic E-state index is 13.7. The van der Waals surface area contributed by atoms with Gasteiger partial charge in [0.1, 0.15) is 12.2 Å². The average Bonchev–Trinajstić information content (AvgIpc) is 2.72. The number of ether oxygens (including phenoxy) is 2. The Balaban J connectivity index is 2.11. The molecule has 1 heterocycles. The van der Waals surface area contributed by atoms with Crippen molar-refractivity contribution in [2.24, 2.45) is 0 Å². The van der Waals surface area contributed by atoms with Gasteiger partial charge in [-0.15, -0.1) is 0 Å². The van der Waals surface area contributed by atoms with Gasteiger partial charge < -0.3 is 14.8 Å². The molecule has 0 spiro atoms. The van der Waals surface area contributed by atoms with Crippen molar-refractivity contribution in [3.8, 4) is 5.75 Å². The molecule has 1 N–H and O–H groups in total. The fourth-order valence-corrected chi connectivity index (χ4v) is 2.07. The Labute approximate surface area is 102 Å². The lowest BCUT2D eigenvalue weighted by molar-refractivity contribution is 0.0328. The first-order valence-corrected chi connectivity index (χ1v) is 5.86. The molecule has 88 valence electrons. The highest BCUT2D eigenvalue weighted by molar-refractivity contribution is 9.10. The molecule has 0 aromatic heterocycles. The standard InChI is InChI=1S/C11H13BrFNO2/c1-15-9-5-14-6-10(9)16-8-4-2-3-7(12)11(8)13/h2-4,9-10,14H,5-6H2,1H3/t9-,10-/m1/s1. The van der Waals surface area contributed by atoms with Crippen molar-refractivity contribution >= 4 is 15.9 Å². The van der Waals surface area contributed by atoms with E-state index < -0.39 is 0 Å². The predicted molar refractivity (Wildman–Crippen MR) is 62.2 cm³/mol. The molecule has 1 aromatic carbocycles. The molecule has 2 rings (SSSR count). The monoisotopic (exact) mass is 289 g/mol. The summed E-state index contributed by atoms with van der Waals surface area (Å²) in [6.07, 6.45) is -0.174. The third-order valence-electron chi connectivity index (χ3n) is 2.60. The molecule has 0 unspecified atom stereocenters. The van der Waals surface area contributed by atoms with Crippen LogP contribution in [0, 0.1) is 5.82 Å². The quantitative estimate of drug-likeness (QED) is 0.923. The summed E-state index contributed by atoms with van der Waals surface area (Å²) in [6.45, 7) is 1.40. The van der Waals surface area contributed by atoms with Gasteiger partial charge in [0.15, 0.2) is 11.6 Å². The normalized spacial score (nSPS) is 24.7. The van der Waals surface area contributed by atoms with E-state index in [-0.39, 0.29) is 23.8 Å². The second-order valence-electron chi connectivity index (χ2n) is 3.64. The van der Waals surface area contributed by atoms with Crippen LogP contribution in [-0.2, 0) is 4.74 Å². The maximum Gasteiger partial charge on any atom is 0.179 e. The molecule has 1 aliphatic heterocycles. The van der Waals surface area contributed by atoms with Crippen LogP contribution in [0.3, 0.4) is 0 Å². The van der Waals surface area contributed by atoms with Crippen LogP contribution in [0.5, 0.6) is 5.75 Å². The molecule has 0 radical (unpaired) electrons. The van der Waals surface area contributed by atoms with Gasteiger partial charge in [-0.1, -0.05) is 6.07 Å². The van der Waals surface area contributed by atoms with E-state index in [4.69, 9.17) is 9.47 Å². The number of methoxy groups -OCH3 is 1. The van der Waals surface area contributed by atoms with Gasteiger partial charge in [0.25, 0.3) is 0 Å². The van der Waals surface area contributed by atoms with Gasteiger partial charge in [-0.3, -0.25) is 0 Å². The Morgan fingerprint density at radius 2 is 2.12 bits per heavy atom. The zero-order valence-corrected chi connectivity index (χ0v) is 10.5. The first-order valence-electron chi connectivity index (χ1n) is 5.06. The van der Waals surface area contributed by atoms with Crippen molar-refractivity contribution in [1.82, 2.24) is 5.32 Å². The van der Waals surface area contributed by atoms with Crippen molar-refractivity contribution in [3.63, 3.8) is 0 Å². The molecule has 0 saturated carbocycles. The highest BCUT2D eigenvalue weighted by atomic mass is 79.9. The molecule has 5 heteroatoms. The van der Waals surface area contributed by atoms with Gasteiger partial charge in [0.05, 0.1) is 4.47 Å². The van der Waals surface area contributed by atoms with Crippen LogP contribution in [-0.4, -0.2) is 32.4 Å². The highest BCUT2D eigenvalue weighted by Gasteiger charge is 2.29. The number of benzene rings is 1. The van der Waals surface area contributed by atoms with Crippen LogP contribution < -0.4 is 10.1 Å². The zero-order chi connectivity index (χ0) is 11.5. The van der Waals surface area contributed by atoms with Crippen molar-refractivity contribution in [2.75, 3.05) is 20.2 Å². The summed E-state index contributed by atoms with van der Waals surface area (Å²) in [4.78, 5) is 0. The van der Waals surface area contributed by atoms with E-state index in [2.05, 4.69) is 21.2 Å². The Kier molecular flexibility index (Phi) is 3.78. The summed E-state index contributed by atoms with van der Waals surface area (Å²) < 4.78 is 24.9. The van der Waals surface area contributed by atoms with Crippen molar-refractivity contribution < 1.29 is 13.9 Å². The van der Waals surface area contributed by atoms with E-state index in [1.54, 1.807) is 25.3 Å². The molecule has 16 heavy (non-hydrogen) atoms. The Hall–Kier alpha value is -0.650. The third-order valence-corrected chi connectivity index (χ3v) is 3.22. The Morgan fingerprint density at radius 3 is 2.88 bits per heavy atom. The van der Waals surface area contributed by atoms with Crippen LogP contribution in [0.2, 0.25) is 0 Å². The SMILES string of the molecule is CO[C@@H]1CNC[C@H]1Oc1cccc(Br)c1F. The molecule has 1 aliphatic rings. The number of hydrogen-bond acceptors (Lipinski definition) is 3. The van der Waals surface area contributed by atoms with Crippen LogP contribution in [0.15, 0.2) is 22.7 Å². The van der Waals surface area contributed by atoms with E-state index in [0.717, 1.165) is 6.54 Å². The van der Waals surface area contributed by atoms with Crippen LogP contribution in [0.4, 0.5) is 4.39 Å². The molecule has 1 saturated heterocycles. The first-order chi connectivity index (χ1) is 7.72. The fraction of sp³-hybridized carbons (Fsp3) is 0.455. The first kappa shape index (κ1) is 11.8. The van der Waals surface area contributed by atoms with E-state index in [1.807, 2.05) is 0 Å². The second-order valence-corrected chi connectivity index (χ2v) is 4.49. The second kappa shape index (κ2) is 5.12. The molecule has 1 aromatic rings. The summed E-state index contributed by atoms with van der Waals surface area (Å²) in [6, 6.07) is 5.00. The van der Waals surface area contributed by atoms with E-state index in [9.17, 15) is 4.39 Å². The summed E-state index contributed by atoms with van der Waals surface area (Å²) in [5.74, 6) is -0.116. The lowest BCUT2D eigenvalue weighted by atomic mass is 10.2. The maximum absolute atomic E-state index is 13.7. The summed E-state index contributed by atoms with van der Waals surface area (Å²) >= 11 is 3.13. The van der Waals surface area contributed by atoms with Gasteiger partial charge in [0.2, 0.25) is 0 Å². The van der Waals surface area contributed by atoms with Gasteiger partial charge in [0, 0.05) is 20.2 Å². The number of nitrogens with one attached hydrogen (secondary N) is 1. The zero-order valence-electron chi connectivity index (χ0n) is 8.87. The van der Waals surface area contributed by atoms with Crippen LogP contribution >= 0.6 is 15.9 Å². The molecule has 0 bridgehead atoms. The molecule has 0 aliphatic carbocycles. The minimum atomic E-state index is -0.371. The summed E-state index contributed by atoms with van der Waals surface area (Å²) in [5, 5.41) is 3.14. The Bertz CT molecular complexity index is 375. The minimum absolute atomic E-state index is 0.0293. The van der Waals surface area contributed by atoms with Gasteiger partial charge in [-0.25, -0.2) is 4.39 Å². The van der Waals surface area contributed by atoms with Crippen LogP contribution in [0.25, 0.3) is 0 Å². The molecular weight excluding hydrogens is 277 g/mol. The fourth-order valence-electron chi connectivity index (χ4n) is 1.72. The molecule has 1 fully saturated rings. The summed E-state index contributed by atoms with van der Waals surface area (Å²) in [7, 11) is 1.63. The van der Waals surface area contributed by atoms with E-state index >= 15 is 0 Å². The topological polar surface area (TPSA) is 30.5 Å². The molecule has 2 atom stereocenters. The van der Waals surface area contributed by atoms with Crippen molar-refractivity contribution in [2.45, 2.75) is 12.2 Å². The lowest BCUT2D eigenvalue weighted by Gasteiger charge is -2.19. The lowest BCUT2D eigenvalue weighted by Crippen LogP contribution is -2.31. The third kappa shape index (κ3) is 2.36. The van der Waals surface area contributed by atoms with Crippen molar-refractivity contribution in [3.05, 3.63) is 28.5 Å². The molecule has 3 nitrogen and oxygen atoms in total. The number of halogens is 2. The van der Waals surface area contributed by atoms with Gasteiger partial charge in [-0.05, 0) is 28.1 Å².